The minimum atomic E-state index is -2.57. The second-order valence-electron chi connectivity index (χ2n) is 7.49. The summed E-state index contributed by atoms with van der Waals surface area (Å²) in [5.41, 5.74) is 7.32. The number of benzene rings is 2. The fourth-order valence-electron chi connectivity index (χ4n) is 3.44. The number of nitrogens with zero attached hydrogens (tertiary/aromatic N) is 3. The lowest BCUT2D eigenvalue weighted by Gasteiger charge is -2.28. The number of hydrogen-bond donors (Lipinski definition) is 3. The van der Waals surface area contributed by atoms with Crippen molar-refractivity contribution in [1.82, 2.24) is 14.7 Å². The van der Waals surface area contributed by atoms with Crippen molar-refractivity contribution in [2.24, 2.45) is 5.73 Å². The van der Waals surface area contributed by atoms with Gasteiger partial charge in [0.25, 0.3) is 11.8 Å². The molecule has 0 bridgehead atoms. The van der Waals surface area contributed by atoms with Crippen LogP contribution in [0.15, 0.2) is 48.7 Å². The summed E-state index contributed by atoms with van der Waals surface area (Å²) in [5.74, 6) is -0.542. The van der Waals surface area contributed by atoms with E-state index >= 15 is 0 Å². The van der Waals surface area contributed by atoms with Gasteiger partial charge in [0.2, 0.25) is 0 Å². The molecule has 0 saturated carbocycles. The third-order valence-corrected chi connectivity index (χ3v) is 7.49. The van der Waals surface area contributed by atoms with Crippen LogP contribution in [-0.4, -0.2) is 55.3 Å². The molecule has 3 aromatic rings. The monoisotopic (exact) mass is 506 g/mol. The molecule has 0 aliphatic carbocycles. The van der Waals surface area contributed by atoms with Crippen LogP contribution in [0.3, 0.4) is 0 Å². The zero-order valence-corrected chi connectivity index (χ0v) is 19.6. The molecule has 1 saturated heterocycles. The van der Waals surface area contributed by atoms with Gasteiger partial charge < -0.3 is 16.0 Å². The summed E-state index contributed by atoms with van der Waals surface area (Å²) < 4.78 is 20.8. The number of primary amides is 1. The first kappa shape index (κ1) is 23.1. The molecule has 1 aromatic heterocycles. The predicted octanol–water partition coefficient (Wildman–Crippen LogP) is 3.52. The van der Waals surface area contributed by atoms with Gasteiger partial charge in [-0.25, -0.2) is 8.89 Å². The van der Waals surface area contributed by atoms with E-state index in [1.54, 1.807) is 53.6 Å². The summed E-state index contributed by atoms with van der Waals surface area (Å²) in [4.78, 5) is 26.2. The third kappa shape index (κ3) is 4.97. The second kappa shape index (κ2) is 9.05. The Hall–Kier alpha value is -3.08. The van der Waals surface area contributed by atoms with Gasteiger partial charge >= 0.3 is 0 Å². The Morgan fingerprint density at radius 1 is 1.06 bits per heavy atom. The largest absolute Gasteiger partial charge is 0.364 e. The summed E-state index contributed by atoms with van der Waals surface area (Å²) in [6.45, 7) is 0.597. The quantitative estimate of drug-likeness (QED) is 0.486. The van der Waals surface area contributed by atoms with Crippen LogP contribution < -0.4 is 11.1 Å². The number of para-hydroxylation sites is 1. The number of nitrogens with two attached hydrogens (primary N) is 1. The molecule has 1 fully saturated rings. The average molecular weight is 507 g/mol. The highest BCUT2D eigenvalue weighted by atomic mass is 35.5. The third-order valence-electron chi connectivity index (χ3n) is 5.19. The Bertz CT molecular complexity index is 1300. The van der Waals surface area contributed by atoms with Crippen LogP contribution in [0, 0.1) is 4.78 Å². The first-order valence-corrected chi connectivity index (χ1v) is 12.5. The van der Waals surface area contributed by atoms with Crippen molar-refractivity contribution >= 4 is 56.1 Å². The van der Waals surface area contributed by atoms with Crippen LogP contribution in [-0.2, 0) is 9.73 Å². The number of aromatic nitrogens is 2. The Morgan fingerprint density at radius 2 is 1.67 bits per heavy atom. The smallest absolute Gasteiger partial charge is 0.271 e. The van der Waals surface area contributed by atoms with Crippen LogP contribution in [0.1, 0.15) is 20.8 Å². The van der Waals surface area contributed by atoms with Crippen molar-refractivity contribution in [2.75, 3.05) is 29.9 Å². The lowest BCUT2D eigenvalue weighted by atomic mass is 10.1. The lowest BCUT2D eigenvalue weighted by Crippen LogP contribution is -2.43. The molecule has 1 aliphatic rings. The molecule has 9 nitrogen and oxygen atoms in total. The number of carbonyl (C=O) groups is 2. The normalized spacial score (nSPS) is 15.3. The average Bonchev–Trinajstić information content (AvgIpc) is 3.17. The first-order chi connectivity index (χ1) is 15.6. The van der Waals surface area contributed by atoms with Gasteiger partial charge in [-0.2, -0.15) is 5.10 Å². The summed E-state index contributed by atoms with van der Waals surface area (Å²) in [6.07, 6.45) is 1.55. The molecule has 0 radical (unpaired) electrons. The molecule has 0 atom stereocenters. The highest BCUT2D eigenvalue weighted by Crippen LogP contribution is 2.30. The predicted molar refractivity (Wildman–Crippen MR) is 128 cm³/mol. The minimum Gasteiger partial charge on any atom is -0.364 e. The summed E-state index contributed by atoms with van der Waals surface area (Å²) in [7, 11) is -2.57. The first-order valence-electron chi connectivity index (χ1n) is 9.89. The highest BCUT2D eigenvalue weighted by molar-refractivity contribution is 7.92. The van der Waals surface area contributed by atoms with Crippen molar-refractivity contribution in [3.63, 3.8) is 0 Å². The van der Waals surface area contributed by atoms with E-state index in [2.05, 4.69) is 10.4 Å². The zero-order chi connectivity index (χ0) is 23.8. The standard InChI is InChI=1S/C21H20Cl2N6O3S/c22-15-2-1-3-16(23)19(15)29-12-17(18(27-29)20(24)30)26-14-6-4-13(5-7-14)21(31)28-8-10-33(25,32)11-9-28/h1-7,12,25-26H,8-11H2,(H2,24,30). The Kier molecular flexibility index (Phi) is 6.33. The molecular weight excluding hydrogens is 487 g/mol. The van der Waals surface area contributed by atoms with E-state index in [9.17, 15) is 13.8 Å². The fraction of sp³-hybridized carbons (Fsp3) is 0.190. The summed E-state index contributed by atoms with van der Waals surface area (Å²) >= 11 is 12.5. The van der Waals surface area contributed by atoms with E-state index in [0.29, 0.717) is 45.8 Å². The number of halogens is 2. The van der Waals surface area contributed by atoms with Gasteiger partial charge in [0.1, 0.15) is 5.69 Å². The number of carbonyl (C=O) groups excluding carboxylic acids is 2. The maximum Gasteiger partial charge on any atom is 0.271 e. The number of anilines is 2. The van der Waals surface area contributed by atoms with Gasteiger partial charge in [-0.1, -0.05) is 29.3 Å². The van der Waals surface area contributed by atoms with Crippen molar-refractivity contribution < 1.29 is 13.8 Å². The van der Waals surface area contributed by atoms with E-state index in [1.807, 2.05) is 0 Å². The minimum absolute atomic E-state index is 0.00144. The number of hydrogen-bond acceptors (Lipinski definition) is 6. The van der Waals surface area contributed by atoms with E-state index in [-0.39, 0.29) is 23.1 Å². The van der Waals surface area contributed by atoms with Gasteiger partial charge in [0.15, 0.2) is 5.69 Å². The van der Waals surface area contributed by atoms with Crippen molar-refractivity contribution in [1.29, 1.82) is 4.78 Å². The van der Waals surface area contributed by atoms with E-state index in [4.69, 9.17) is 33.7 Å². The molecule has 1 aliphatic heterocycles. The molecule has 12 heteroatoms. The molecule has 4 N–H and O–H groups in total. The maximum absolute atomic E-state index is 12.7. The summed E-state index contributed by atoms with van der Waals surface area (Å²) in [6, 6.07) is 11.7. The van der Waals surface area contributed by atoms with Gasteiger partial charge in [-0.15, -0.1) is 0 Å². The summed E-state index contributed by atoms with van der Waals surface area (Å²) in [5, 5.41) is 8.02. The van der Waals surface area contributed by atoms with E-state index < -0.39 is 15.6 Å². The van der Waals surface area contributed by atoms with E-state index in [0.717, 1.165) is 0 Å². The molecule has 172 valence electrons. The van der Waals surface area contributed by atoms with E-state index in [1.165, 1.54) is 4.68 Å². The number of amides is 2. The van der Waals surface area contributed by atoms with Crippen LogP contribution in [0.4, 0.5) is 11.4 Å². The van der Waals surface area contributed by atoms with Crippen LogP contribution in [0.2, 0.25) is 10.0 Å². The molecule has 2 amide bonds. The molecule has 2 heterocycles. The highest BCUT2D eigenvalue weighted by Gasteiger charge is 2.24. The fourth-order valence-corrected chi connectivity index (χ4v) is 5.24. The Morgan fingerprint density at radius 3 is 2.24 bits per heavy atom. The van der Waals surface area contributed by atoms with Gasteiger partial charge in [-0.3, -0.25) is 14.4 Å². The van der Waals surface area contributed by atoms with Crippen LogP contribution in [0.5, 0.6) is 0 Å². The SMILES string of the molecule is N=S1(=O)CCN(C(=O)c2ccc(Nc3cn(-c4c(Cl)cccc4Cl)nc3C(N)=O)cc2)CC1. The molecule has 4 rings (SSSR count). The topological polar surface area (TPSA) is 134 Å². The van der Waals surface area contributed by atoms with Crippen LogP contribution in [0.25, 0.3) is 5.69 Å². The Balaban J connectivity index is 1.55. The molecule has 0 unspecified atom stereocenters. The van der Waals surface area contributed by atoms with Crippen LogP contribution >= 0.6 is 23.2 Å². The molecule has 0 spiro atoms. The zero-order valence-electron chi connectivity index (χ0n) is 17.3. The maximum atomic E-state index is 12.7. The van der Waals surface area contributed by atoms with Crippen molar-refractivity contribution in [3.05, 3.63) is 70.0 Å². The Labute approximate surface area is 200 Å². The molecular formula is C21H20Cl2N6O3S. The van der Waals surface area contributed by atoms with Crippen molar-refractivity contribution in [3.8, 4) is 5.69 Å². The van der Waals surface area contributed by atoms with Crippen molar-refractivity contribution in [2.45, 2.75) is 0 Å². The molecule has 33 heavy (non-hydrogen) atoms. The molecule has 2 aromatic carbocycles. The second-order valence-corrected chi connectivity index (χ2v) is 10.7. The lowest BCUT2D eigenvalue weighted by molar-refractivity contribution is 0.0770. The van der Waals surface area contributed by atoms with Gasteiger partial charge in [0, 0.05) is 45.6 Å². The number of rotatable bonds is 5. The van der Waals surface area contributed by atoms with Gasteiger partial charge in [0.05, 0.1) is 21.9 Å². The number of nitrogens with one attached hydrogen (secondary N) is 2. The van der Waals surface area contributed by atoms with Gasteiger partial charge in [-0.05, 0) is 36.4 Å².